The van der Waals surface area contributed by atoms with E-state index in [1.54, 1.807) is 14.0 Å². The van der Waals surface area contributed by atoms with E-state index in [1.165, 1.54) is 0 Å². The van der Waals surface area contributed by atoms with Crippen molar-refractivity contribution in [3.63, 3.8) is 0 Å². The number of nitrogens with zero attached hydrogens (tertiary/aromatic N) is 1. The molecule has 0 aliphatic rings. The number of carbonyl (C=O) groups is 2. The summed E-state index contributed by atoms with van der Waals surface area (Å²) in [7, 11) is 1.60. The van der Waals surface area contributed by atoms with E-state index in [2.05, 4.69) is 5.32 Å². The topological polar surface area (TPSA) is 58.6 Å². The molecule has 88 valence electrons. The van der Waals surface area contributed by atoms with Crippen molar-refractivity contribution in [2.75, 3.05) is 33.3 Å². The van der Waals surface area contributed by atoms with Crippen LogP contribution in [-0.2, 0) is 14.3 Å². The Hall–Kier alpha value is -1.10. The van der Waals surface area contributed by atoms with Gasteiger partial charge < -0.3 is 10.1 Å². The number of ether oxygens (including phenoxy) is 1. The molecule has 0 atom stereocenters. The van der Waals surface area contributed by atoms with Gasteiger partial charge in [-0.15, -0.1) is 0 Å². The Morgan fingerprint density at radius 2 is 2.00 bits per heavy atom. The molecule has 0 spiro atoms. The first kappa shape index (κ1) is 13.9. The Labute approximate surface area is 90.8 Å². The zero-order chi connectivity index (χ0) is 11.7. The normalized spacial score (nSPS) is 10.1. The molecule has 5 heteroatoms. The third-order valence-electron chi connectivity index (χ3n) is 2.04. The van der Waals surface area contributed by atoms with Crippen molar-refractivity contribution >= 4 is 11.9 Å². The predicted octanol–water partition coefficient (Wildman–Crippen LogP) is 0.00750. The lowest BCUT2D eigenvalue weighted by molar-refractivity contribution is -0.144. The first-order chi connectivity index (χ1) is 7.13. The van der Waals surface area contributed by atoms with E-state index in [9.17, 15) is 9.59 Å². The maximum atomic E-state index is 11.2. The van der Waals surface area contributed by atoms with Gasteiger partial charge in [0, 0.05) is 20.0 Å². The van der Waals surface area contributed by atoms with Crippen molar-refractivity contribution in [2.45, 2.75) is 20.3 Å². The molecule has 0 heterocycles. The van der Waals surface area contributed by atoms with Crippen LogP contribution in [0.25, 0.3) is 0 Å². The highest BCUT2D eigenvalue weighted by molar-refractivity contribution is 5.76. The summed E-state index contributed by atoms with van der Waals surface area (Å²) in [6, 6.07) is 0. The van der Waals surface area contributed by atoms with Gasteiger partial charge in [-0.05, 0) is 13.5 Å². The van der Waals surface area contributed by atoms with Crippen LogP contribution in [0.4, 0.5) is 0 Å². The summed E-state index contributed by atoms with van der Waals surface area (Å²) in [5, 5.41) is 2.54. The van der Waals surface area contributed by atoms with E-state index in [-0.39, 0.29) is 18.4 Å². The van der Waals surface area contributed by atoms with Crippen molar-refractivity contribution in [3.05, 3.63) is 0 Å². The van der Waals surface area contributed by atoms with Crippen LogP contribution >= 0.6 is 0 Å². The number of likely N-dealkylation sites (N-methyl/N-ethyl adjacent to an activating group) is 1. The lowest BCUT2D eigenvalue weighted by Crippen LogP contribution is -2.34. The maximum Gasteiger partial charge on any atom is 0.320 e. The molecule has 0 radical (unpaired) electrons. The van der Waals surface area contributed by atoms with Crippen molar-refractivity contribution in [3.8, 4) is 0 Å². The van der Waals surface area contributed by atoms with Crippen molar-refractivity contribution < 1.29 is 14.3 Å². The lowest BCUT2D eigenvalue weighted by atomic mass is 10.3. The Morgan fingerprint density at radius 3 is 2.47 bits per heavy atom. The number of nitrogens with one attached hydrogen (secondary N) is 1. The van der Waals surface area contributed by atoms with Crippen molar-refractivity contribution in [2.24, 2.45) is 0 Å². The molecule has 0 aliphatic carbocycles. The molecular weight excluding hydrogens is 196 g/mol. The van der Waals surface area contributed by atoms with E-state index >= 15 is 0 Å². The molecule has 0 bridgehead atoms. The van der Waals surface area contributed by atoms with Gasteiger partial charge in [0.05, 0.1) is 13.2 Å². The van der Waals surface area contributed by atoms with Gasteiger partial charge in [0.25, 0.3) is 0 Å². The number of carbonyl (C=O) groups excluding carboxylic acids is 2. The zero-order valence-corrected chi connectivity index (χ0v) is 9.71. The maximum absolute atomic E-state index is 11.2. The van der Waals surface area contributed by atoms with Crippen LogP contribution in [0.1, 0.15) is 20.3 Å². The fourth-order valence-electron chi connectivity index (χ4n) is 1.12. The highest BCUT2D eigenvalue weighted by Crippen LogP contribution is 1.93. The highest BCUT2D eigenvalue weighted by atomic mass is 16.5. The van der Waals surface area contributed by atoms with E-state index in [4.69, 9.17) is 4.74 Å². The summed E-state index contributed by atoms with van der Waals surface area (Å²) in [6.45, 7) is 5.68. The minimum Gasteiger partial charge on any atom is -0.465 e. The zero-order valence-electron chi connectivity index (χ0n) is 9.71. The quantitative estimate of drug-likeness (QED) is 0.609. The summed E-state index contributed by atoms with van der Waals surface area (Å²) in [4.78, 5) is 24.0. The van der Waals surface area contributed by atoms with Gasteiger partial charge in [-0.1, -0.05) is 6.92 Å². The van der Waals surface area contributed by atoms with E-state index in [1.807, 2.05) is 11.8 Å². The predicted molar refractivity (Wildman–Crippen MR) is 57.4 cm³/mol. The number of hydrogen-bond acceptors (Lipinski definition) is 4. The Kier molecular flexibility index (Phi) is 7.62. The molecule has 0 aromatic carbocycles. The number of amides is 1. The van der Waals surface area contributed by atoms with Crippen LogP contribution in [0, 0.1) is 0 Å². The molecule has 0 saturated heterocycles. The summed E-state index contributed by atoms with van der Waals surface area (Å²) in [6.07, 6.45) is 0.406. The van der Waals surface area contributed by atoms with Gasteiger partial charge in [-0.2, -0.15) is 0 Å². The average Bonchev–Trinajstić information content (AvgIpc) is 2.23. The van der Waals surface area contributed by atoms with Gasteiger partial charge in [-0.3, -0.25) is 14.5 Å². The Balaban J connectivity index is 3.82. The first-order valence-corrected chi connectivity index (χ1v) is 5.22. The average molecular weight is 216 g/mol. The van der Waals surface area contributed by atoms with E-state index in [0.29, 0.717) is 19.6 Å². The molecule has 0 saturated carbocycles. The van der Waals surface area contributed by atoms with Gasteiger partial charge in [-0.25, -0.2) is 0 Å². The minimum absolute atomic E-state index is 0.0164. The molecule has 0 aromatic rings. The van der Waals surface area contributed by atoms with E-state index < -0.39 is 0 Å². The van der Waals surface area contributed by atoms with Crippen LogP contribution in [-0.4, -0.2) is 50.1 Å². The number of hydrogen-bond donors (Lipinski definition) is 1. The standard InChI is InChI=1S/C10H20N2O3/c1-4-12(7-6-9(13)11-3)8-10(14)15-5-2/h4-8H2,1-3H3,(H,11,13). The van der Waals surface area contributed by atoms with Gasteiger partial charge in [0.15, 0.2) is 0 Å². The molecule has 0 rings (SSSR count). The van der Waals surface area contributed by atoms with Crippen LogP contribution in [0.15, 0.2) is 0 Å². The molecule has 1 N–H and O–H groups in total. The fraction of sp³-hybridized carbons (Fsp3) is 0.800. The summed E-state index contributed by atoms with van der Waals surface area (Å²) in [5.41, 5.74) is 0. The third-order valence-corrected chi connectivity index (χ3v) is 2.04. The molecule has 0 fully saturated rings. The summed E-state index contributed by atoms with van der Waals surface area (Å²) >= 11 is 0. The minimum atomic E-state index is -0.240. The van der Waals surface area contributed by atoms with Gasteiger partial charge >= 0.3 is 5.97 Å². The Morgan fingerprint density at radius 1 is 1.33 bits per heavy atom. The SMILES string of the molecule is CCOC(=O)CN(CC)CCC(=O)NC. The molecule has 1 amide bonds. The largest absolute Gasteiger partial charge is 0.465 e. The van der Waals surface area contributed by atoms with Crippen LogP contribution in [0.2, 0.25) is 0 Å². The Bertz CT molecular complexity index is 207. The summed E-state index contributed by atoms with van der Waals surface area (Å²) in [5.74, 6) is -0.256. The van der Waals surface area contributed by atoms with Gasteiger partial charge in [0.2, 0.25) is 5.91 Å². The molecule has 0 aromatic heterocycles. The molecule has 0 aliphatic heterocycles. The number of rotatable bonds is 7. The van der Waals surface area contributed by atoms with Crippen LogP contribution in [0.3, 0.4) is 0 Å². The first-order valence-electron chi connectivity index (χ1n) is 5.22. The monoisotopic (exact) mass is 216 g/mol. The van der Waals surface area contributed by atoms with Crippen molar-refractivity contribution in [1.82, 2.24) is 10.2 Å². The van der Waals surface area contributed by atoms with E-state index in [0.717, 1.165) is 6.54 Å². The summed E-state index contributed by atoms with van der Waals surface area (Å²) < 4.78 is 4.83. The fourth-order valence-corrected chi connectivity index (χ4v) is 1.12. The second-order valence-electron chi connectivity index (χ2n) is 3.10. The lowest BCUT2D eigenvalue weighted by Gasteiger charge is -2.18. The molecule has 5 nitrogen and oxygen atoms in total. The van der Waals surface area contributed by atoms with Crippen molar-refractivity contribution in [1.29, 1.82) is 0 Å². The second-order valence-corrected chi connectivity index (χ2v) is 3.10. The third kappa shape index (κ3) is 6.90. The second kappa shape index (κ2) is 8.23. The van der Waals surface area contributed by atoms with Crippen LogP contribution in [0.5, 0.6) is 0 Å². The smallest absolute Gasteiger partial charge is 0.320 e. The molecule has 0 unspecified atom stereocenters. The molecule has 15 heavy (non-hydrogen) atoms. The highest BCUT2D eigenvalue weighted by Gasteiger charge is 2.10. The van der Waals surface area contributed by atoms with Crippen LogP contribution < -0.4 is 5.32 Å². The number of esters is 1. The van der Waals surface area contributed by atoms with Gasteiger partial charge in [0.1, 0.15) is 0 Å². The molecular formula is C10H20N2O3.